The van der Waals surface area contributed by atoms with Crippen molar-refractivity contribution in [2.45, 2.75) is 37.1 Å². The normalized spacial score (nSPS) is 11.4. The zero-order chi connectivity index (χ0) is 15.7. The van der Waals surface area contributed by atoms with Gasteiger partial charge in [0, 0.05) is 4.90 Å². The first-order valence-corrected chi connectivity index (χ1v) is 7.71. The number of thioether (sulfide) groups is 1. The van der Waals surface area contributed by atoms with Gasteiger partial charge in [-0.2, -0.15) is 5.26 Å². The Hall–Kier alpha value is -2.00. The number of hydrogen-bond donors (Lipinski definition) is 2. The number of carboxylic acids is 1. The number of nitrogens with zero attached hydrogens (tertiary/aromatic N) is 1. The van der Waals surface area contributed by atoms with Crippen molar-refractivity contribution in [3.63, 3.8) is 0 Å². The SMILES string of the molecule is CCCCC(NC(=O)c1ccccc1SCC#N)C(=O)O. The summed E-state index contributed by atoms with van der Waals surface area (Å²) in [6, 6.07) is 8.00. The van der Waals surface area contributed by atoms with E-state index >= 15 is 0 Å². The van der Waals surface area contributed by atoms with E-state index in [4.69, 9.17) is 10.4 Å². The predicted molar refractivity (Wildman–Crippen MR) is 81.2 cm³/mol. The van der Waals surface area contributed by atoms with Crippen LogP contribution < -0.4 is 5.32 Å². The second-order valence-corrected chi connectivity index (χ2v) is 5.47. The fourth-order valence-electron chi connectivity index (χ4n) is 1.79. The summed E-state index contributed by atoms with van der Waals surface area (Å²) in [5, 5.41) is 20.3. The third-order valence-corrected chi connectivity index (χ3v) is 3.81. The number of unbranched alkanes of at least 4 members (excludes halogenated alkanes) is 1. The molecule has 1 rings (SSSR count). The molecule has 0 aromatic heterocycles. The molecule has 5 nitrogen and oxygen atoms in total. The van der Waals surface area contributed by atoms with Gasteiger partial charge in [-0.15, -0.1) is 11.8 Å². The van der Waals surface area contributed by atoms with E-state index in [-0.39, 0.29) is 5.75 Å². The Balaban J connectivity index is 2.82. The molecule has 0 heterocycles. The molecule has 1 aromatic carbocycles. The number of carbonyl (C=O) groups is 2. The van der Waals surface area contributed by atoms with Crippen molar-refractivity contribution < 1.29 is 14.7 Å². The van der Waals surface area contributed by atoms with Crippen LogP contribution in [0.2, 0.25) is 0 Å². The zero-order valence-corrected chi connectivity index (χ0v) is 12.7. The van der Waals surface area contributed by atoms with Crippen LogP contribution in [0.5, 0.6) is 0 Å². The van der Waals surface area contributed by atoms with Gasteiger partial charge in [0.05, 0.1) is 17.4 Å². The van der Waals surface area contributed by atoms with Crippen LogP contribution in [0, 0.1) is 11.3 Å². The van der Waals surface area contributed by atoms with Gasteiger partial charge in [-0.05, 0) is 18.6 Å². The minimum absolute atomic E-state index is 0.239. The van der Waals surface area contributed by atoms with E-state index in [0.717, 1.165) is 12.8 Å². The molecule has 2 N–H and O–H groups in total. The van der Waals surface area contributed by atoms with Crippen LogP contribution in [0.25, 0.3) is 0 Å². The smallest absolute Gasteiger partial charge is 0.326 e. The lowest BCUT2D eigenvalue weighted by molar-refractivity contribution is -0.139. The zero-order valence-electron chi connectivity index (χ0n) is 11.8. The highest BCUT2D eigenvalue weighted by atomic mass is 32.2. The first kappa shape index (κ1) is 17.1. The summed E-state index contributed by atoms with van der Waals surface area (Å²) < 4.78 is 0. The van der Waals surface area contributed by atoms with Crippen LogP contribution in [0.1, 0.15) is 36.5 Å². The Labute approximate surface area is 128 Å². The molecule has 0 saturated heterocycles. The molecule has 1 unspecified atom stereocenters. The van der Waals surface area contributed by atoms with Gasteiger partial charge in [-0.3, -0.25) is 4.79 Å². The summed E-state index contributed by atoms with van der Waals surface area (Å²) in [5.41, 5.74) is 0.403. The quantitative estimate of drug-likeness (QED) is 0.721. The van der Waals surface area contributed by atoms with Crippen molar-refractivity contribution in [3.05, 3.63) is 29.8 Å². The number of benzene rings is 1. The van der Waals surface area contributed by atoms with Crippen LogP contribution in [-0.4, -0.2) is 28.8 Å². The van der Waals surface area contributed by atoms with Crippen molar-refractivity contribution in [1.29, 1.82) is 5.26 Å². The number of rotatable bonds is 8. The van der Waals surface area contributed by atoms with Crippen LogP contribution >= 0.6 is 11.8 Å². The van der Waals surface area contributed by atoms with Crippen LogP contribution in [-0.2, 0) is 4.79 Å². The van der Waals surface area contributed by atoms with Gasteiger partial charge in [-0.1, -0.05) is 31.9 Å². The van der Waals surface area contributed by atoms with Gasteiger partial charge in [-0.25, -0.2) is 4.79 Å². The monoisotopic (exact) mass is 306 g/mol. The van der Waals surface area contributed by atoms with E-state index in [1.54, 1.807) is 24.3 Å². The van der Waals surface area contributed by atoms with Crippen LogP contribution in [0.4, 0.5) is 0 Å². The highest BCUT2D eigenvalue weighted by Crippen LogP contribution is 2.22. The Morgan fingerprint density at radius 2 is 2.14 bits per heavy atom. The minimum atomic E-state index is -1.03. The summed E-state index contributed by atoms with van der Waals surface area (Å²) in [6.07, 6.45) is 2.02. The summed E-state index contributed by atoms with van der Waals surface area (Å²) in [7, 11) is 0. The van der Waals surface area contributed by atoms with E-state index in [9.17, 15) is 9.59 Å². The maximum absolute atomic E-state index is 12.2. The molecule has 21 heavy (non-hydrogen) atoms. The number of aliphatic carboxylic acids is 1. The molecule has 0 bridgehead atoms. The molecule has 0 fully saturated rings. The van der Waals surface area contributed by atoms with Crippen molar-refractivity contribution in [2.75, 3.05) is 5.75 Å². The molecule has 0 aliphatic carbocycles. The van der Waals surface area contributed by atoms with Crippen molar-refractivity contribution in [1.82, 2.24) is 5.32 Å². The largest absolute Gasteiger partial charge is 0.480 e. The maximum Gasteiger partial charge on any atom is 0.326 e. The topological polar surface area (TPSA) is 90.2 Å². The Morgan fingerprint density at radius 1 is 1.43 bits per heavy atom. The number of carboxylic acid groups (broad SMARTS) is 1. The second-order valence-electron chi connectivity index (χ2n) is 4.45. The lowest BCUT2D eigenvalue weighted by Crippen LogP contribution is -2.40. The molecule has 1 amide bonds. The average Bonchev–Trinajstić information content (AvgIpc) is 2.49. The third kappa shape index (κ3) is 5.48. The third-order valence-electron chi connectivity index (χ3n) is 2.87. The van der Waals surface area contributed by atoms with Gasteiger partial charge < -0.3 is 10.4 Å². The molecule has 0 aliphatic heterocycles. The number of nitrogens with one attached hydrogen (secondary N) is 1. The molecule has 0 spiro atoms. The van der Waals surface area contributed by atoms with Gasteiger partial charge in [0.15, 0.2) is 0 Å². The number of hydrogen-bond acceptors (Lipinski definition) is 4. The summed E-state index contributed by atoms with van der Waals surface area (Å²) in [6.45, 7) is 1.97. The highest BCUT2D eigenvalue weighted by molar-refractivity contribution is 7.99. The summed E-state index contributed by atoms with van der Waals surface area (Å²) in [5.74, 6) is -1.21. The maximum atomic E-state index is 12.2. The number of amides is 1. The van der Waals surface area contributed by atoms with Crippen LogP contribution in [0.3, 0.4) is 0 Å². The van der Waals surface area contributed by atoms with Gasteiger partial charge in [0.1, 0.15) is 6.04 Å². The Morgan fingerprint density at radius 3 is 2.76 bits per heavy atom. The first-order valence-electron chi connectivity index (χ1n) is 6.72. The predicted octanol–water partition coefficient (Wildman–Crippen LogP) is 2.68. The second kappa shape index (κ2) is 9.03. The lowest BCUT2D eigenvalue weighted by atomic mass is 10.1. The average molecular weight is 306 g/mol. The first-order chi connectivity index (χ1) is 10.1. The van der Waals surface area contributed by atoms with E-state index < -0.39 is 17.9 Å². The molecule has 1 aromatic rings. The van der Waals surface area contributed by atoms with E-state index in [0.29, 0.717) is 16.9 Å². The fourth-order valence-corrected chi connectivity index (χ4v) is 2.50. The standard InChI is InChI=1S/C15H18N2O3S/c1-2-3-7-12(15(19)20)17-14(18)11-6-4-5-8-13(11)21-10-9-16/h4-6,8,12H,2-3,7,10H2,1H3,(H,17,18)(H,19,20). The minimum Gasteiger partial charge on any atom is -0.480 e. The molecule has 6 heteroatoms. The molecule has 0 radical (unpaired) electrons. The summed E-state index contributed by atoms with van der Waals surface area (Å²) in [4.78, 5) is 24.1. The molecule has 112 valence electrons. The number of carbonyl (C=O) groups excluding carboxylic acids is 1. The Bertz CT molecular complexity index is 540. The molecular weight excluding hydrogens is 288 g/mol. The van der Waals surface area contributed by atoms with E-state index in [1.807, 2.05) is 13.0 Å². The lowest BCUT2D eigenvalue weighted by Gasteiger charge is -2.15. The molecule has 1 atom stereocenters. The van der Waals surface area contributed by atoms with Crippen LogP contribution in [0.15, 0.2) is 29.2 Å². The number of nitriles is 1. The van der Waals surface area contributed by atoms with E-state index in [2.05, 4.69) is 5.32 Å². The van der Waals surface area contributed by atoms with Gasteiger partial charge in [0.2, 0.25) is 0 Å². The van der Waals surface area contributed by atoms with Gasteiger partial charge >= 0.3 is 5.97 Å². The highest BCUT2D eigenvalue weighted by Gasteiger charge is 2.21. The van der Waals surface area contributed by atoms with Crippen molar-refractivity contribution in [3.8, 4) is 6.07 Å². The molecule has 0 aliphatic rings. The van der Waals surface area contributed by atoms with Gasteiger partial charge in [0.25, 0.3) is 5.91 Å². The van der Waals surface area contributed by atoms with Crippen molar-refractivity contribution >= 4 is 23.6 Å². The molecule has 0 saturated carbocycles. The summed E-state index contributed by atoms with van der Waals surface area (Å²) >= 11 is 1.26. The van der Waals surface area contributed by atoms with Crippen molar-refractivity contribution in [2.24, 2.45) is 0 Å². The molecular formula is C15H18N2O3S. The van der Waals surface area contributed by atoms with E-state index in [1.165, 1.54) is 11.8 Å². The Kier molecular flexibility index (Phi) is 7.33. The fraction of sp³-hybridized carbons (Fsp3) is 0.400.